The van der Waals surface area contributed by atoms with Crippen molar-refractivity contribution in [1.82, 2.24) is 4.72 Å². The molecule has 0 aromatic heterocycles. The van der Waals surface area contributed by atoms with E-state index in [0.29, 0.717) is 5.56 Å². The van der Waals surface area contributed by atoms with E-state index in [1.807, 2.05) is 6.07 Å². The van der Waals surface area contributed by atoms with Gasteiger partial charge in [-0.05, 0) is 45.0 Å². The fourth-order valence-corrected chi connectivity index (χ4v) is 2.76. The second-order valence-electron chi connectivity index (χ2n) is 5.76. The molecule has 0 saturated heterocycles. The molecule has 0 fully saturated rings. The van der Waals surface area contributed by atoms with Crippen molar-refractivity contribution in [2.45, 2.75) is 37.3 Å². The van der Waals surface area contributed by atoms with Crippen molar-refractivity contribution in [2.75, 3.05) is 13.7 Å². The van der Waals surface area contributed by atoms with Crippen LogP contribution in [0.15, 0.2) is 29.2 Å². The summed E-state index contributed by atoms with van der Waals surface area (Å²) in [4.78, 5) is 11.7. The minimum absolute atomic E-state index is 0.0545. The van der Waals surface area contributed by atoms with E-state index in [2.05, 4.69) is 9.46 Å². The second-order valence-corrected chi connectivity index (χ2v) is 7.47. The van der Waals surface area contributed by atoms with Crippen LogP contribution in [-0.4, -0.2) is 39.7 Å². The Morgan fingerprint density at radius 2 is 1.87 bits per heavy atom. The number of nitriles is 1. The molecule has 0 heterocycles. The number of esters is 1. The van der Waals surface area contributed by atoms with Crippen molar-refractivity contribution in [3.63, 3.8) is 0 Å². The number of ether oxygens (including phenoxy) is 2. The molecular weight excluding hydrogens is 320 g/mol. The molecular formula is C15H20N2O5S. The summed E-state index contributed by atoms with van der Waals surface area (Å²) in [5.41, 5.74) is -0.198. The Balaban J connectivity index is 2.95. The molecule has 0 bridgehead atoms. The van der Waals surface area contributed by atoms with Crippen molar-refractivity contribution in [1.29, 1.82) is 5.26 Å². The standard InChI is InChI=1S/C15H20N2O5S/c1-15(2,3)22-10-13(14(18)21-4)17-23(19,20)12-7-5-11(9-16)6-8-12/h5-8,13,17H,10H2,1-4H3. The third-order valence-electron chi connectivity index (χ3n) is 2.76. The van der Waals surface area contributed by atoms with E-state index >= 15 is 0 Å². The second kappa shape index (κ2) is 7.55. The molecule has 1 rings (SSSR count). The first-order chi connectivity index (χ1) is 10.6. The van der Waals surface area contributed by atoms with Crippen LogP contribution >= 0.6 is 0 Å². The summed E-state index contributed by atoms with van der Waals surface area (Å²) >= 11 is 0. The van der Waals surface area contributed by atoms with E-state index in [1.165, 1.54) is 31.4 Å². The Hall–Kier alpha value is -1.95. The SMILES string of the molecule is COC(=O)C(COC(C)(C)C)NS(=O)(=O)c1ccc(C#N)cc1. The summed E-state index contributed by atoms with van der Waals surface area (Å²) in [6.45, 7) is 5.20. The average Bonchev–Trinajstić information content (AvgIpc) is 2.49. The van der Waals surface area contributed by atoms with Gasteiger partial charge in [0.2, 0.25) is 10.0 Å². The van der Waals surface area contributed by atoms with Gasteiger partial charge >= 0.3 is 5.97 Å². The van der Waals surface area contributed by atoms with Crippen LogP contribution in [0.3, 0.4) is 0 Å². The molecule has 1 unspecified atom stereocenters. The lowest BCUT2D eigenvalue weighted by Gasteiger charge is -2.23. The molecule has 1 N–H and O–H groups in total. The van der Waals surface area contributed by atoms with Gasteiger partial charge in [0.15, 0.2) is 0 Å². The predicted molar refractivity (Wildman–Crippen MR) is 83.0 cm³/mol. The third-order valence-corrected chi connectivity index (χ3v) is 4.25. The van der Waals surface area contributed by atoms with E-state index in [-0.39, 0.29) is 11.5 Å². The zero-order chi connectivity index (χ0) is 17.7. The van der Waals surface area contributed by atoms with Gasteiger partial charge < -0.3 is 9.47 Å². The lowest BCUT2D eigenvalue weighted by molar-refractivity contribution is -0.145. The summed E-state index contributed by atoms with van der Waals surface area (Å²) < 4.78 is 37.0. The molecule has 1 aromatic rings. The molecule has 0 spiro atoms. The third kappa shape index (κ3) is 5.98. The Bertz CT molecular complexity index is 684. The zero-order valence-corrected chi connectivity index (χ0v) is 14.3. The first-order valence-electron chi connectivity index (χ1n) is 6.83. The summed E-state index contributed by atoms with van der Waals surface area (Å²) in [5, 5.41) is 8.73. The van der Waals surface area contributed by atoms with Crippen LogP contribution in [0.5, 0.6) is 0 Å². The van der Waals surface area contributed by atoms with E-state index < -0.39 is 27.6 Å². The highest BCUT2D eigenvalue weighted by molar-refractivity contribution is 7.89. The molecule has 0 aliphatic rings. The maximum Gasteiger partial charge on any atom is 0.326 e. The Morgan fingerprint density at radius 1 is 1.30 bits per heavy atom. The van der Waals surface area contributed by atoms with Crippen LogP contribution in [0.25, 0.3) is 0 Å². The number of hydrogen-bond acceptors (Lipinski definition) is 6. The minimum Gasteiger partial charge on any atom is -0.468 e. The Kier molecular flexibility index (Phi) is 6.27. The molecule has 0 amide bonds. The topological polar surface area (TPSA) is 105 Å². The molecule has 0 aliphatic carbocycles. The van der Waals surface area contributed by atoms with Gasteiger partial charge in [-0.3, -0.25) is 4.79 Å². The predicted octanol–water partition coefficient (Wildman–Crippen LogP) is 1.19. The molecule has 1 aromatic carbocycles. The zero-order valence-electron chi connectivity index (χ0n) is 13.5. The van der Waals surface area contributed by atoms with Crippen LogP contribution < -0.4 is 4.72 Å². The molecule has 126 valence electrons. The van der Waals surface area contributed by atoms with Gasteiger partial charge in [-0.15, -0.1) is 0 Å². The molecule has 1 atom stereocenters. The minimum atomic E-state index is -3.95. The number of carbonyl (C=O) groups is 1. The monoisotopic (exact) mass is 340 g/mol. The molecule has 0 radical (unpaired) electrons. The molecule has 0 aliphatic heterocycles. The number of benzene rings is 1. The smallest absolute Gasteiger partial charge is 0.326 e. The van der Waals surface area contributed by atoms with E-state index in [1.54, 1.807) is 20.8 Å². The summed E-state index contributed by atoms with van der Waals surface area (Å²) in [6, 6.07) is 6.08. The number of nitrogens with zero attached hydrogens (tertiary/aromatic N) is 1. The number of sulfonamides is 1. The fraction of sp³-hybridized carbons (Fsp3) is 0.467. The Labute approximate surface area is 136 Å². The average molecular weight is 340 g/mol. The van der Waals surface area contributed by atoms with Gasteiger partial charge in [0, 0.05) is 0 Å². The number of methoxy groups -OCH3 is 1. The van der Waals surface area contributed by atoms with E-state index in [4.69, 9.17) is 10.00 Å². The maximum absolute atomic E-state index is 12.3. The molecule has 8 heteroatoms. The largest absolute Gasteiger partial charge is 0.468 e. The van der Waals surface area contributed by atoms with Crippen molar-refractivity contribution < 1.29 is 22.7 Å². The van der Waals surface area contributed by atoms with Crippen LogP contribution in [0.2, 0.25) is 0 Å². The van der Waals surface area contributed by atoms with Crippen molar-refractivity contribution >= 4 is 16.0 Å². The van der Waals surface area contributed by atoms with E-state index in [0.717, 1.165) is 0 Å². The lowest BCUT2D eigenvalue weighted by atomic mass is 10.2. The van der Waals surface area contributed by atoms with Gasteiger partial charge in [-0.1, -0.05) is 0 Å². The first kappa shape index (κ1) is 19.1. The summed E-state index contributed by atoms with van der Waals surface area (Å²) in [7, 11) is -2.78. The van der Waals surface area contributed by atoms with Gasteiger partial charge in [-0.2, -0.15) is 9.98 Å². The van der Waals surface area contributed by atoms with Gasteiger partial charge in [-0.25, -0.2) is 8.42 Å². The fourth-order valence-electron chi connectivity index (χ4n) is 1.59. The number of carbonyl (C=O) groups excluding carboxylic acids is 1. The van der Waals surface area contributed by atoms with Crippen LogP contribution in [-0.2, 0) is 24.3 Å². The van der Waals surface area contributed by atoms with Crippen LogP contribution in [0.4, 0.5) is 0 Å². The first-order valence-corrected chi connectivity index (χ1v) is 8.31. The van der Waals surface area contributed by atoms with Crippen LogP contribution in [0.1, 0.15) is 26.3 Å². The van der Waals surface area contributed by atoms with Crippen molar-refractivity contribution in [2.24, 2.45) is 0 Å². The number of hydrogen-bond donors (Lipinski definition) is 1. The Morgan fingerprint density at radius 3 is 2.30 bits per heavy atom. The van der Waals surface area contributed by atoms with Crippen LogP contribution in [0, 0.1) is 11.3 Å². The lowest BCUT2D eigenvalue weighted by Crippen LogP contribution is -2.46. The van der Waals surface area contributed by atoms with Crippen molar-refractivity contribution in [3.05, 3.63) is 29.8 Å². The van der Waals surface area contributed by atoms with Gasteiger partial charge in [0.1, 0.15) is 6.04 Å². The molecule has 0 saturated carbocycles. The molecule has 7 nitrogen and oxygen atoms in total. The van der Waals surface area contributed by atoms with Gasteiger partial charge in [0.25, 0.3) is 0 Å². The highest BCUT2D eigenvalue weighted by Crippen LogP contribution is 2.13. The number of nitrogens with one attached hydrogen (secondary N) is 1. The quantitative estimate of drug-likeness (QED) is 0.780. The summed E-state index contributed by atoms with van der Waals surface area (Å²) in [5.74, 6) is -0.744. The normalized spacial score (nSPS) is 13.2. The number of rotatable bonds is 6. The van der Waals surface area contributed by atoms with Gasteiger partial charge in [0.05, 0.1) is 35.8 Å². The van der Waals surface area contributed by atoms with Crippen molar-refractivity contribution in [3.8, 4) is 6.07 Å². The molecule has 23 heavy (non-hydrogen) atoms. The van der Waals surface area contributed by atoms with E-state index in [9.17, 15) is 13.2 Å². The maximum atomic E-state index is 12.3. The summed E-state index contributed by atoms with van der Waals surface area (Å²) in [6.07, 6.45) is 0. The highest BCUT2D eigenvalue weighted by atomic mass is 32.2. The highest BCUT2D eigenvalue weighted by Gasteiger charge is 2.28.